The Morgan fingerprint density at radius 3 is 2.89 bits per heavy atom. The molecule has 0 aliphatic rings. The molecule has 27 heavy (non-hydrogen) atoms. The minimum Gasteiger partial charge on any atom is -0.508 e. The molecule has 2 N–H and O–H groups in total. The largest absolute Gasteiger partial charge is 0.508 e. The number of phenolic OH excluding ortho intramolecular Hbond substituents is 1. The lowest BCUT2D eigenvalue weighted by atomic mass is 10.3. The second kappa shape index (κ2) is 7.29. The van der Waals surface area contributed by atoms with Gasteiger partial charge in [0.15, 0.2) is 5.13 Å². The summed E-state index contributed by atoms with van der Waals surface area (Å²) in [6.45, 7) is 0. The topological polar surface area (TPSA) is 106 Å². The Morgan fingerprint density at radius 1 is 1.26 bits per heavy atom. The highest BCUT2D eigenvalue weighted by molar-refractivity contribution is 7.99. The molecule has 2 aromatic carbocycles. The summed E-state index contributed by atoms with van der Waals surface area (Å²) in [5.74, 6) is -0.417. The first-order chi connectivity index (χ1) is 13.1. The van der Waals surface area contributed by atoms with E-state index in [1.54, 1.807) is 18.2 Å². The Kier molecular flexibility index (Phi) is 4.69. The summed E-state index contributed by atoms with van der Waals surface area (Å²) in [7, 11) is 0. The molecule has 0 aliphatic carbocycles. The third-order valence-corrected chi connectivity index (χ3v) is 5.32. The maximum atomic E-state index is 13.2. The molecular weight excluding hydrogens is 391 g/mol. The van der Waals surface area contributed by atoms with Crippen LogP contribution < -0.4 is 5.32 Å². The SMILES string of the molecule is O=C(CSc1nnnn1-c1ccc(O)cc1)Nc1nc2ccc(F)cc2s1. The highest BCUT2D eigenvalue weighted by atomic mass is 32.2. The number of nitrogens with one attached hydrogen (secondary N) is 1. The first-order valence-corrected chi connectivity index (χ1v) is 9.45. The van der Waals surface area contributed by atoms with Crippen molar-refractivity contribution in [3.63, 3.8) is 0 Å². The van der Waals surface area contributed by atoms with Crippen molar-refractivity contribution in [1.82, 2.24) is 25.2 Å². The molecule has 0 unspecified atom stereocenters. The van der Waals surface area contributed by atoms with Gasteiger partial charge in [-0.15, -0.1) is 5.10 Å². The molecule has 0 spiro atoms. The van der Waals surface area contributed by atoms with Crippen LogP contribution in [0.15, 0.2) is 47.6 Å². The van der Waals surface area contributed by atoms with Crippen molar-refractivity contribution in [2.75, 3.05) is 11.1 Å². The molecule has 2 heterocycles. The van der Waals surface area contributed by atoms with Gasteiger partial charge in [-0.1, -0.05) is 23.1 Å². The van der Waals surface area contributed by atoms with Crippen LogP contribution in [0.3, 0.4) is 0 Å². The Balaban J connectivity index is 1.42. The van der Waals surface area contributed by atoms with Crippen LogP contribution >= 0.6 is 23.1 Å². The van der Waals surface area contributed by atoms with E-state index in [4.69, 9.17) is 0 Å². The van der Waals surface area contributed by atoms with Gasteiger partial charge in [0.2, 0.25) is 11.1 Å². The second-order valence-electron chi connectivity index (χ2n) is 5.36. The normalized spacial score (nSPS) is 11.0. The smallest absolute Gasteiger partial charge is 0.236 e. The molecule has 0 radical (unpaired) electrons. The molecule has 0 saturated heterocycles. The number of rotatable bonds is 5. The van der Waals surface area contributed by atoms with Crippen LogP contribution in [0, 0.1) is 5.82 Å². The van der Waals surface area contributed by atoms with Crippen LogP contribution in [-0.4, -0.2) is 42.0 Å². The minimum atomic E-state index is -0.347. The van der Waals surface area contributed by atoms with Crippen molar-refractivity contribution in [2.45, 2.75) is 5.16 Å². The number of carbonyl (C=O) groups is 1. The van der Waals surface area contributed by atoms with E-state index in [2.05, 4.69) is 25.8 Å². The van der Waals surface area contributed by atoms with E-state index in [-0.39, 0.29) is 23.2 Å². The van der Waals surface area contributed by atoms with E-state index in [0.29, 0.717) is 26.2 Å². The number of halogens is 1. The summed E-state index contributed by atoms with van der Waals surface area (Å²) in [6.07, 6.45) is 0. The van der Waals surface area contributed by atoms with E-state index < -0.39 is 0 Å². The molecule has 0 fully saturated rings. The maximum Gasteiger partial charge on any atom is 0.236 e. The van der Waals surface area contributed by atoms with E-state index in [1.165, 1.54) is 40.3 Å². The number of aromatic nitrogens is 5. The average Bonchev–Trinajstić information content (AvgIpc) is 3.26. The van der Waals surface area contributed by atoms with Gasteiger partial charge < -0.3 is 10.4 Å². The molecule has 0 atom stereocenters. The van der Waals surface area contributed by atoms with Gasteiger partial charge in [-0.2, -0.15) is 4.68 Å². The minimum absolute atomic E-state index is 0.0722. The summed E-state index contributed by atoms with van der Waals surface area (Å²) in [6, 6.07) is 10.6. The van der Waals surface area contributed by atoms with Gasteiger partial charge in [0.1, 0.15) is 11.6 Å². The summed E-state index contributed by atoms with van der Waals surface area (Å²) in [4.78, 5) is 16.4. The van der Waals surface area contributed by atoms with Gasteiger partial charge >= 0.3 is 0 Å². The van der Waals surface area contributed by atoms with Crippen molar-refractivity contribution >= 4 is 44.4 Å². The number of tetrazole rings is 1. The van der Waals surface area contributed by atoms with E-state index in [1.807, 2.05) is 0 Å². The molecule has 136 valence electrons. The van der Waals surface area contributed by atoms with Crippen molar-refractivity contribution < 1.29 is 14.3 Å². The number of aromatic hydroxyl groups is 1. The fourth-order valence-electron chi connectivity index (χ4n) is 2.26. The zero-order chi connectivity index (χ0) is 18.8. The van der Waals surface area contributed by atoms with Gasteiger partial charge in [0.05, 0.1) is 21.7 Å². The number of benzene rings is 2. The van der Waals surface area contributed by atoms with Crippen LogP contribution in [0.25, 0.3) is 15.9 Å². The van der Waals surface area contributed by atoms with Gasteiger partial charge in [0, 0.05) is 0 Å². The van der Waals surface area contributed by atoms with E-state index in [0.717, 1.165) is 11.8 Å². The van der Waals surface area contributed by atoms with Gasteiger partial charge in [-0.05, 0) is 52.9 Å². The number of nitrogens with zero attached hydrogens (tertiary/aromatic N) is 5. The third kappa shape index (κ3) is 3.88. The first kappa shape index (κ1) is 17.4. The molecule has 4 rings (SSSR count). The monoisotopic (exact) mass is 402 g/mol. The lowest BCUT2D eigenvalue weighted by Gasteiger charge is -2.04. The molecule has 2 aromatic heterocycles. The van der Waals surface area contributed by atoms with E-state index >= 15 is 0 Å². The van der Waals surface area contributed by atoms with Gasteiger partial charge in [-0.25, -0.2) is 9.37 Å². The zero-order valence-corrected chi connectivity index (χ0v) is 15.2. The number of anilines is 1. The fourth-order valence-corrected chi connectivity index (χ4v) is 3.86. The maximum absolute atomic E-state index is 13.2. The second-order valence-corrected chi connectivity index (χ2v) is 7.33. The number of hydrogen-bond donors (Lipinski definition) is 2. The molecular formula is C16H11FN6O2S2. The molecule has 11 heteroatoms. The highest BCUT2D eigenvalue weighted by Gasteiger charge is 2.13. The summed E-state index contributed by atoms with van der Waals surface area (Å²) < 4.78 is 15.4. The van der Waals surface area contributed by atoms with Crippen LogP contribution in [-0.2, 0) is 4.79 Å². The molecule has 0 saturated carbocycles. The summed E-state index contributed by atoms with van der Waals surface area (Å²) in [5.41, 5.74) is 1.29. The van der Waals surface area contributed by atoms with E-state index in [9.17, 15) is 14.3 Å². The summed E-state index contributed by atoms with van der Waals surface area (Å²) >= 11 is 2.36. The predicted octanol–water partition coefficient (Wildman–Crippen LogP) is 2.85. The molecule has 0 bridgehead atoms. The number of amides is 1. The van der Waals surface area contributed by atoms with Crippen molar-refractivity contribution in [1.29, 1.82) is 0 Å². The zero-order valence-electron chi connectivity index (χ0n) is 13.5. The van der Waals surface area contributed by atoms with Gasteiger partial charge in [-0.3, -0.25) is 4.79 Å². The van der Waals surface area contributed by atoms with Crippen LogP contribution in [0.1, 0.15) is 0 Å². The lowest BCUT2D eigenvalue weighted by molar-refractivity contribution is -0.113. The summed E-state index contributed by atoms with van der Waals surface area (Å²) in [5, 5.41) is 24.3. The fraction of sp³-hybridized carbons (Fsp3) is 0.0625. The lowest BCUT2D eigenvalue weighted by Crippen LogP contribution is -2.14. The van der Waals surface area contributed by atoms with Crippen molar-refractivity contribution in [3.05, 3.63) is 48.3 Å². The highest BCUT2D eigenvalue weighted by Crippen LogP contribution is 2.27. The standard InChI is InChI=1S/C16H11FN6O2S2/c17-9-1-6-12-13(7-9)27-15(18-12)19-14(25)8-26-16-20-21-22-23(16)10-2-4-11(24)5-3-10/h1-7,24H,8H2,(H,18,19,25). The Hall–Kier alpha value is -3.05. The number of thioether (sulfide) groups is 1. The Morgan fingerprint density at radius 2 is 2.07 bits per heavy atom. The first-order valence-electron chi connectivity index (χ1n) is 7.65. The van der Waals surface area contributed by atoms with Crippen molar-refractivity contribution in [3.8, 4) is 11.4 Å². The van der Waals surface area contributed by atoms with Crippen LogP contribution in [0.2, 0.25) is 0 Å². The van der Waals surface area contributed by atoms with Gasteiger partial charge in [0.25, 0.3) is 0 Å². The number of carbonyl (C=O) groups excluding carboxylic acids is 1. The molecule has 1 amide bonds. The Bertz CT molecular complexity index is 1110. The quantitative estimate of drug-likeness (QED) is 0.495. The third-order valence-electron chi connectivity index (χ3n) is 3.46. The average molecular weight is 402 g/mol. The molecule has 0 aliphatic heterocycles. The molecule has 8 nitrogen and oxygen atoms in total. The number of fused-ring (bicyclic) bond motifs is 1. The number of thiazole rings is 1. The van der Waals surface area contributed by atoms with Crippen molar-refractivity contribution in [2.24, 2.45) is 0 Å². The predicted molar refractivity (Wildman–Crippen MR) is 99.8 cm³/mol. The Labute approximate surface area is 160 Å². The number of phenols is 1. The van der Waals surface area contributed by atoms with Crippen LogP contribution in [0.4, 0.5) is 9.52 Å². The van der Waals surface area contributed by atoms with Crippen LogP contribution in [0.5, 0.6) is 5.75 Å². The number of hydrogen-bond acceptors (Lipinski definition) is 8. The molecule has 4 aromatic rings.